The van der Waals surface area contributed by atoms with Crippen molar-refractivity contribution in [1.82, 2.24) is 5.48 Å². The standard InChI is InChI=1S/C17H36N2O2/c18-16-14-12-10-8-6-4-2-1-3-5-7-9-11-13-15-17(20)19-21/h21H,1-16,18H2,(H,19,20). The molecule has 0 fully saturated rings. The SMILES string of the molecule is NCCCCCCCCCCCCCCCCC(=O)NO. The molecule has 0 spiro atoms. The normalized spacial score (nSPS) is 10.8. The number of carbonyl (C=O) groups excluding carboxylic acids is 1. The molecule has 0 aromatic heterocycles. The van der Waals surface area contributed by atoms with Gasteiger partial charge in [0.15, 0.2) is 0 Å². The summed E-state index contributed by atoms with van der Waals surface area (Å²) in [6, 6.07) is 0. The lowest BCUT2D eigenvalue weighted by atomic mass is 10.0. The predicted octanol–water partition coefficient (Wildman–Crippen LogP) is 4.30. The van der Waals surface area contributed by atoms with Gasteiger partial charge < -0.3 is 5.73 Å². The highest BCUT2D eigenvalue weighted by molar-refractivity contribution is 5.74. The van der Waals surface area contributed by atoms with Crippen LogP contribution in [0.2, 0.25) is 0 Å². The van der Waals surface area contributed by atoms with Crippen molar-refractivity contribution < 1.29 is 10.0 Å². The van der Waals surface area contributed by atoms with Crippen molar-refractivity contribution in [2.75, 3.05) is 6.54 Å². The highest BCUT2D eigenvalue weighted by atomic mass is 16.5. The maximum absolute atomic E-state index is 10.8. The molecule has 0 bridgehead atoms. The molecule has 0 aromatic carbocycles. The summed E-state index contributed by atoms with van der Waals surface area (Å²) in [6.45, 7) is 0.842. The Morgan fingerprint density at radius 3 is 1.33 bits per heavy atom. The van der Waals surface area contributed by atoms with E-state index in [0.717, 1.165) is 19.4 Å². The van der Waals surface area contributed by atoms with Crippen LogP contribution >= 0.6 is 0 Å². The number of hydrogen-bond donors (Lipinski definition) is 3. The first-order valence-electron chi connectivity index (χ1n) is 8.94. The van der Waals surface area contributed by atoms with Crippen LogP contribution in [0.4, 0.5) is 0 Å². The van der Waals surface area contributed by atoms with Crippen LogP contribution in [0.5, 0.6) is 0 Å². The number of nitrogens with one attached hydrogen (secondary N) is 1. The summed E-state index contributed by atoms with van der Waals surface area (Å²) < 4.78 is 0. The summed E-state index contributed by atoms with van der Waals surface area (Å²) in [7, 11) is 0. The minimum atomic E-state index is -0.266. The first-order valence-corrected chi connectivity index (χ1v) is 8.94. The van der Waals surface area contributed by atoms with Crippen molar-refractivity contribution in [2.24, 2.45) is 5.73 Å². The third kappa shape index (κ3) is 17.3. The third-order valence-corrected chi connectivity index (χ3v) is 3.98. The largest absolute Gasteiger partial charge is 0.330 e. The van der Waals surface area contributed by atoms with Gasteiger partial charge in [-0.05, 0) is 19.4 Å². The van der Waals surface area contributed by atoms with Crippen LogP contribution in [-0.2, 0) is 4.79 Å². The second-order valence-corrected chi connectivity index (χ2v) is 6.02. The van der Waals surface area contributed by atoms with E-state index in [4.69, 9.17) is 10.9 Å². The molecule has 0 radical (unpaired) electrons. The molecule has 126 valence electrons. The van der Waals surface area contributed by atoms with Gasteiger partial charge in [0.2, 0.25) is 5.91 Å². The van der Waals surface area contributed by atoms with Crippen LogP contribution in [0.3, 0.4) is 0 Å². The maximum Gasteiger partial charge on any atom is 0.243 e. The van der Waals surface area contributed by atoms with Crippen LogP contribution in [0.1, 0.15) is 96.3 Å². The molecule has 0 atom stereocenters. The zero-order chi connectivity index (χ0) is 15.6. The van der Waals surface area contributed by atoms with Crippen LogP contribution in [0, 0.1) is 0 Å². The fourth-order valence-corrected chi connectivity index (χ4v) is 2.61. The van der Waals surface area contributed by atoms with E-state index < -0.39 is 0 Å². The summed E-state index contributed by atoms with van der Waals surface area (Å²) in [5.41, 5.74) is 7.14. The van der Waals surface area contributed by atoms with Gasteiger partial charge in [-0.3, -0.25) is 10.0 Å². The molecule has 0 aliphatic carbocycles. The molecule has 0 unspecified atom stereocenters. The number of carbonyl (C=O) groups is 1. The number of hydrogen-bond acceptors (Lipinski definition) is 3. The average molecular weight is 300 g/mol. The van der Waals surface area contributed by atoms with E-state index in [9.17, 15) is 4.79 Å². The van der Waals surface area contributed by atoms with Gasteiger partial charge in [0.25, 0.3) is 0 Å². The number of nitrogens with two attached hydrogens (primary N) is 1. The Balaban J connectivity index is 2.98. The van der Waals surface area contributed by atoms with E-state index in [-0.39, 0.29) is 5.91 Å². The van der Waals surface area contributed by atoms with Crippen LogP contribution in [-0.4, -0.2) is 17.7 Å². The summed E-state index contributed by atoms with van der Waals surface area (Å²) in [5.74, 6) is -0.266. The number of hydroxylamine groups is 1. The van der Waals surface area contributed by atoms with Crippen molar-refractivity contribution in [3.05, 3.63) is 0 Å². The second kappa shape index (κ2) is 17.4. The Morgan fingerprint density at radius 1 is 0.667 bits per heavy atom. The monoisotopic (exact) mass is 300 g/mol. The van der Waals surface area contributed by atoms with Gasteiger partial charge in [0.1, 0.15) is 0 Å². The van der Waals surface area contributed by atoms with Gasteiger partial charge in [0, 0.05) is 6.42 Å². The lowest BCUT2D eigenvalue weighted by Crippen LogP contribution is -2.17. The number of unbranched alkanes of at least 4 members (excludes halogenated alkanes) is 13. The molecule has 4 N–H and O–H groups in total. The fourth-order valence-electron chi connectivity index (χ4n) is 2.61. The summed E-state index contributed by atoms with van der Waals surface area (Å²) in [6.07, 6.45) is 18.3. The first kappa shape index (κ1) is 20.4. The van der Waals surface area contributed by atoms with Crippen LogP contribution in [0.25, 0.3) is 0 Å². The van der Waals surface area contributed by atoms with Gasteiger partial charge in [0.05, 0.1) is 0 Å². The molecule has 0 rings (SSSR count). The maximum atomic E-state index is 10.8. The Kier molecular flexibility index (Phi) is 16.9. The third-order valence-electron chi connectivity index (χ3n) is 3.98. The van der Waals surface area contributed by atoms with Crippen molar-refractivity contribution >= 4 is 5.91 Å². The van der Waals surface area contributed by atoms with Gasteiger partial charge in [-0.25, -0.2) is 5.48 Å². The fraction of sp³-hybridized carbons (Fsp3) is 0.941. The van der Waals surface area contributed by atoms with Gasteiger partial charge in [-0.1, -0.05) is 77.0 Å². The second-order valence-electron chi connectivity index (χ2n) is 6.02. The molecule has 21 heavy (non-hydrogen) atoms. The Morgan fingerprint density at radius 2 is 1.00 bits per heavy atom. The van der Waals surface area contributed by atoms with E-state index in [1.54, 1.807) is 5.48 Å². The zero-order valence-corrected chi connectivity index (χ0v) is 13.7. The molecular weight excluding hydrogens is 264 g/mol. The average Bonchev–Trinajstić information content (AvgIpc) is 2.50. The lowest BCUT2D eigenvalue weighted by Gasteiger charge is -2.03. The Labute approximate surface area is 130 Å². The minimum Gasteiger partial charge on any atom is -0.330 e. The van der Waals surface area contributed by atoms with Crippen molar-refractivity contribution in [3.63, 3.8) is 0 Å². The lowest BCUT2D eigenvalue weighted by molar-refractivity contribution is -0.129. The van der Waals surface area contributed by atoms with Crippen LogP contribution < -0.4 is 11.2 Å². The highest BCUT2D eigenvalue weighted by Crippen LogP contribution is 2.13. The molecule has 0 aromatic rings. The van der Waals surface area contributed by atoms with Crippen molar-refractivity contribution in [2.45, 2.75) is 96.3 Å². The molecule has 0 aliphatic rings. The van der Waals surface area contributed by atoms with E-state index in [1.165, 1.54) is 77.0 Å². The zero-order valence-electron chi connectivity index (χ0n) is 13.7. The molecule has 0 saturated heterocycles. The van der Waals surface area contributed by atoms with Gasteiger partial charge in [-0.2, -0.15) is 0 Å². The summed E-state index contributed by atoms with van der Waals surface area (Å²) in [4.78, 5) is 10.8. The van der Waals surface area contributed by atoms with Crippen molar-refractivity contribution in [3.8, 4) is 0 Å². The summed E-state index contributed by atoms with van der Waals surface area (Å²) in [5, 5.41) is 8.35. The van der Waals surface area contributed by atoms with Crippen LogP contribution in [0.15, 0.2) is 0 Å². The van der Waals surface area contributed by atoms with Crippen molar-refractivity contribution in [1.29, 1.82) is 0 Å². The first-order chi connectivity index (χ1) is 10.3. The molecule has 0 aliphatic heterocycles. The van der Waals surface area contributed by atoms with E-state index >= 15 is 0 Å². The van der Waals surface area contributed by atoms with E-state index in [1.807, 2.05) is 0 Å². The molecular formula is C17H36N2O2. The summed E-state index contributed by atoms with van der Waals surface area (Å²) >= 11 is 0. The topological polar surface area (TPSA) is 75.4 Å². The molecule has 1 amide bonds. The van der Waals surface area contributed by atoms with Gasteiger partial charge >= 0.3 is 0 Å². The molecule has 0 heterocycles. The molecule has 0 saturated carbocycles. The Bertz CT molecular complexity index is 223. The predicted molar refractivity (Wildman–Crippen MR) is 88.2 cm³/mol. The van der Waals surface area contributed by atoms with Gasteiger partial charge in [-0.15, -0.1) is 0 Å². The quantitative estimate of drug-likeness (QED) is 0.226. The number of amides is 1. The molecule has 4 nitrogen and oxygen atoms in total. The van der Waals surface area contributed by atoms with E-state index in [2.05, 4.69) is 0 Å². The minimum absolute atomic E-state index is 0.266. The Hall–Kier alpha value is -0.610. The smallest absolute Gasteiger partial charge is 0.243 e. The number of rotatable bonds is 16. The van der Waals surface area contributed by atoms with E-state index in [0.29, 0.717) is 6.42 Å². The molecule has 4 heteroatoms. The highest BCUT2D eigenvalue weighted by Gasteiger charge is 1.98.